The summed E-state index contributed by atoms with van der Waals surface area (Å²) in [5, 5.41) is 17.5. The lowest BCUT2D eigenvalue weighted by atomic mass is 9.75. The summed E-state index contributed by atoms with van der Waals surface area (Å²) in [5.41, 5.74) is 1.85. The number of hydrogen-bond acceptors (Lipinski definition) is 3. The summed E-state index contributed by atoms with van der Waals surface area (Å²) in [7, 11) is 0. The number of carboxylic acids is 1. The van der Waals surface area contributed by atoms with Gasteiger partial charge in [0, 0.05) is 0 Å². The van der Waals surface area contributed by atoms with Crippen LogP contribution in [0.15, 0.2) is 18.2 Å². The zero-order chi connectivity index (χ0) is 14.3. The van der Waals surface area contributed by atoms with Crippen molar-refractivity contribution >= 4 is 17.0 Å². The SMILES string of the molecule is CC1(C)CCCC(n2nnc3c(C(=O)O)cccc32)C1. The first-order valence-corrected chi connectivity index (χ1v) is 7.05. The molecule has 1 heterocycles. The Morgan fingerprint density at radius 2 is 2.25 bits per heavy atom. The van der Waals surface area contributed by atoms with Crippen molar-refractivity contribution in [2.45, 2.75) is 45.6 Å². The van der Waals surface area contributed by atoms with Crippen molar-refractivity contribution in [1.29, 1.82) is 0 Å². The van der Waals surface area contributed by atoms with Gasteiger partial charge in [-0.1, -0.05) is 31.5 Å². The number of benzene rings is 1. The quantitative estimate of drug-likeness (QED) is 0.911. The zero-order valence-corrected chi connectivity index (χ0v) is 11.8. The summed E-state index contributed by atoms with van der Waals surface area (Å²) in [6.07, 6.45) is 4.55. The molecule has 0 aliphatic heterocycles. The molecular weight excluding hydrogens is 254 g/mol. The molecule has 1 aliphatic rings. The second-order valence-electron chi connectivity index (χ2n) is 6.43. The van der Waals surface area contributed by atoms with E-state index in [1.807, 2.05) is 10.7 Å². The van der Waals surface area contributed by atoms with Crippen LogP contribution in [-0.4, -0.2) is 26.1 Å². The molecule has 1 atom stereocenters. The lowest BCUT2D eigenvalue weighted by Gasteiger charge is -2.35. The van der Waals surface area contributed by atoms with E-state index in [9.17, 15) is 9.90 Å². The Balaban J connectivity index is 2.05. The van der Waals surface area contributed by atoms with Crippen molar-refractivity contribution < 1.29 is 9.90 Å². The molecule has 1 fully saturated rings. The molecule has 20 heavy (non-hydrogen) atoms. The van der Waals surface area contributed by atoms with Gasteiger partial charge in [-0.25, -0.2) is 9.48 Å². The average molecular weight is 273 g/mol. The molecule has 106 valence electrons. The summed E-state index contributed by atoms with van der Waals surface area (Å²) in [6.45, 7) is 4.56. The number of nitrogens with zero attached hydrogens (tertiary/aromatic N) is 3. The van der Waals surface area contributed by atoms with Crippen LogP contribution < -0.4 is 0 Å². The maximum absolute atomic E-state index is 11.2. The predicted molar refractivity (Wildman–Crippen MR) is 75.8 cm³/mol. The first-order chi connectivity index (χ1) is 9.48. The van der Waals surface area contributed by atoms with Crippen LogP contribution in [0.2, 0.25) is 0 Å². The van der Waals surface area contributed by atoms with Gasteiger partial charge in [-0.3, -0.25) is 0 Å². The number of rotatable bonds is 2. The fraction of sp³-hybridized carbons (Fsp3) is 0.533. The topological polar surface area (TPSA) is 68.0 Å². The van der Waals surface area contributed by atoms with E-state index in [2.05, 4.69) is 24.2 Å². The van der Waals surface area contributed by atoms with Crippen LogP contribution in [0, 0.1) is 5.41 Å². The van der Waals surface area contributed by atoms with E-state index in [0.29, 0.717) is 17.0 Å². The number of carboxylic acid groups (broad SMARTS) is 1. The minimum Gasteiger partial charge on any atom is -0.478 e. The highest BCUT2D eigenvalue weighted by atomic mass is 16.4. The van der Waals surface area contributed by atoms with E-state index in [1.165, 1.54) is 12.8 Å². The normalized spacial score (nSPS) is 22.0. The molecule has 5 heteroatoms. The highest BCUT2D eigenvalue weighted by Crippen LogP contribution is 2.41. The maximum Gasteiger partial charge on any atom is 0.338 e. The molecule has 1 saturated carbocycles. The molecule has 1 aliphatic carbocycles. The second kappa shape index (κ2) is 4.58. The van der Waals surface area contributed by atoms with Gasteiger partial charge in [0.2, 0.25) is 0 Å². The first-order valence-electron chi connectivity index (χ1n) is 7.05. The molecule has 0 radical (unpaired) electrons. The van der Waals surface area contributed by atoms with E-state index in [1.54, 1.807) is 12.1 Å². The van der Waals surface area contributed by atoms with Crippen LogP contribution in [0.3, 0.4) is 0 Å². The molecule has 0 spiro atoms. The predicted octanol–water partition coefficient (Wildman–Crippen LogP) is 3.27. The van der Waals surface area contributed by atoms with Gasteiger partial charge in [0.25, 0.3) is 0 Å². The molecule has 1 unspecified atom stereocenters. The van der Waals surface area contributed by atoms with E-state index in [4.69, 9.17) is 0 Å². The Morgan fingerprint density at radius 3 is 2.95 bits per heavy atom. The van der Waals surface area contributed by atoms with E-state index in [0.717, 1.165) is 18.4 Å². The van der Waals surface area contributed by atoms with Gasteiger partial charge in [-0.05, 0) is 36.8 Å². The van der Waals surface area contributed by atoms with Gasteiger partial charge in [0.1, 0.15) is 5.52 Å². The van der Waals surface area contributed by atoms with Gasteiger partial charge >= 0.3 is 5.97 Å². The molecule has 5 nitrogen and oxygen atoms in total. The summed E-state index contributed by atoms with van der Waals surface area (Å²) < 4.78 is 1.92. The molecule has 0 bridgehead atoms. The van der Waals surface area contributed by atoms with E-state index < -0.39 is 5.97 Å². The number of fused-ring (bicyclic) bond motifs is 1. The highest BCUT2D eigenvalue weighted by Gasteiger charge is 2.30. The van der Waals surface area contributed by atoms with Crippen molar-refractivity contribution in [1.82, 2.24) is 15.0 Å². The Bertz CT molecular complexity index is 660. The number of aromatic nitrogens is 3. The number of hydrogen-bond donors (Lipinski definition) is 1. The molecule has 1 aromatic carbocycles. The minimum atomic E-state index is -0.952. The van der Waals surface area contributed by atoms with Gasteiger partial charge in [-0.2, -0.15) is 0 Å². The fourth-order valence-electron chi connectivity index (χ4n) is 3.27. The standard InChI is InChI=1S/C15H19N3O2/c1-15(2)8-4-5-10(9-15)18-12-7-3-6-11(14(19)20)13(12)16-17-18/h3,6-7,10H,4-5,8-9H2,1-2H3,(H,19,20). The van der Waals surface area contributed by atoms with Gasteiger partial charge in [0.05, 0.1) is 17.1 Å². The van der Waals surface area contributed by atoms with Crippen molar-refractivity contribution in [2.75, 3.05) is 0 Å². The summed E-state index contributed by atoms with van der Waals surface area (Å²) >= 11 is 0. The van der Waals surface area contributed by atoms with Gasteiger partial charge in [-0.15, -0.1) is 5.10 Å². The van der Waals surface area contributed by atoms with Gasteiger partial charge < -0.3 is 5.11 Å². The van der Waals surface area contributed by atoms with Crippen LogP contribution in [0.4, 0.5) is 0 Å². The molecular formula is C15H19N3O2. The maximum atomic E-state index is 11.2. The molecule has 2 aromatic rings. The largest absolute Gasteiger partial charge is 0.478 e. The molecule has 3 rings (SSSR count). The molecule has 0 saturated heterocycles. The molecule has 1 N–H and O–H groups in total. The second-order valence-corrected chi connectivity index (χ2v) is 6.43. The Morgan fingerprint density at radius 1 is 1.45 bits per heavy atom. The van der Waals surface area contributed by atoms with Crippen LogP contribution in [0.1, 0.15) is 55.9 Å². The fourth-order valence-corrected chi connectivity index (χ4v) is 3.27. The third-order valence-electron chi connectivity index (χ3n) is 4.26. The van der Waals surface area contributed by atoms with Crippen LogP contribution >= 0.6 is 0 Å². The minimum absolute atomic E-state index is 0.226. The van der Waals surface area contributed by atoms with Crippen LogP contribution in [0.25, 0.3) is 11.0 Å². The van der Waals surface area contributed by atoms with Crippen LogP contribution in [-0.2, 0) is 0 Å². The van der Waals surface area contributed by atoms with Crippen molar-refractivity contribution in [3.05, 3.63) is 23.8 Å². The van der Waals surface area contributed by atoms with Crippen molar-refractivity contribution in [3.8, 4) is 0 Å². The molecule has 1 aromatic heterocycles. The first kappa shape index (κ1) is 13.1. The Labute approximate surface area is 117 Å². The van der Waals surface area contributed by atoms with Crippen LogP contribution in [0.5, 0.6) is 0 Å². The summed E-state index contributed by atoms with van der Waals surface area (Å²) in [5.74, 6) is -0.952. The number of aromatic carboxylic acids is 1. The van der Waals surface area contributed by atoms with Crippen molar-refractivity contribution in [2.24, 2.45) is 5.41 Å². The monoisotopic (exact) mass is 273 g/mol. The number of carbonyl (C=O) groups is 1. The lowest BCUT2D eigenvalue weighted by molar-refractivity contribution is 0.0699. The Hall–Kier alpha value is -1.91. The summed E-state index contributed by atoms with van der Waals surface area (Å²) in [4.78, 5) is 11.2. The zero-order valence-electron chi connectivity index (χ0n) is 11.8. The molecule has 0 amide bonds. The smallest absolute Gasteiger partial charge is 0.338 e. The summed E-state index contributed by atoms with van der Waals surface area (Å²) in [6, 6.07) is 5.56. The van der Waals surface area contributed by atoms with E-state index >= 15 is 0 Å². The lowest BCUT2D eigenvalue weighted by Crippen LogP contribution is -2.25. The average Bonchev–Trinajstić information content (AvgIpc) is 2.80. The van der Waals surface area contributed by atoms with Crippen molar-refractivity contribution in [3.63, 3.8) is 0 Å². The third-order valence-corrected chi connectivity index (χ3v) is 4.26. The Kier molecular flexibility index (Phi) is 3.00. The van der Waals surface area contributed by atoms with E-state index in [-0.39, 0.29) is 5.56 Å². The van der Waals surface area contributed by atoms with Gasteiger partial charge in [0.15, 0.2) is 0 Å². The highest BCUT2D eigenvalue weighted by molar-refractivity contribution is 6.00. The third kappa shape index (κ3) is 2.17.